The Morgan fingerprint density at radius 3 is 2.44 bits per heavy atom. The minimum atomic E-state index is -0.304. The molecule has 1 saturated heterocycles. The minimum absolute atomic E-state index is 0.00267. The fraction of sp³-hybridized carbons (Fsp3) is 0.833. The molecule has 0 saturated carbocycles. The third-order valence-electron chi connectivity index (χ3n) is 3.01. The summed E-state index contributed by atoms with van der Waals surface area (Å²) in [5, 5.41) is 11.6. The van der Waals surface area contributed by atoms with Gasteiger partial charge >= 0.3 is 0 Å². The van der Waals surface area contributed by atoms with Crippen molar-refractivity contribution in [1.29, 1.82) is 0 Å². The molecule has 0 aromatic rings. The zero-order valence-corrected chi connectivity index (χ0v) is 11.3. The van der Waals surface area contributed by atoms with Crippen LogP contribution in [0.4, 0.5) is 0 Å². The molecule has 6 nitrogen and oxygen atoms in total. The van der Waals surface area contributed by atoms with Crippen molar-refractivity contribution in [1.82, 2.24) is 4.90 Å². The van der Waals surface area contributed by atoms with Crippen molar-refractivity contribution < 1.29 is 14.7 Å². The Morgan fingerprint density at radius 2 is 2.00 bits per heavy atom. The number of nitrogens with zero attached hydrogens (tertiary/aromatic N) is 2. The highest BCUT2D eigenvalue weighted by Gasteiger charge is 2.26. The minimum Gasteiger partial charge on any atom is -0.409 e. The van der Waals surface area contributed by atoms with Crippen molar-refractivity contribution in [3.05, 3.63) is 0 Å². The normalized spacial score (nSPS) is 19.1. The number of ether oxygens (including phenoxy) is 1. The van der Waals surface area contributed by atoms with E-state index in [4.69, 9.17) is 15.7 Å². The van der Waals surface area contributed by atoms with E-state index < -0.39 is 0 Å². The molecule has 1 heterocycles. The second-order valence-electron chi connectivity index (χ2n) is 5.58. The molecule has 104 valence electrons. The molecule has 18 heavy (non-hydrogen) atoms. The Hall–Kier alpha value is -1.30. The summed E-state index contributed by atoms with van der Waals surface area (Å²) in [5.74, 6) is 0.332. The first-order valence-electron chi connectivity index (χ1n) is 6.22. The lowest BCUT2D eigenvalue weighted by Crippen LogP contribution is -2.44. The van der Waals surface area contributed by atoms with Gasteiger partial charge in [-0.3, -0.25) is 4.79 Å². The number of carbonyl (C=O) groups is 1. The molecule has 0 bridgehead atoms. The number of oxime groups is 1. The number of amidine groups is 1. The predicted octanol–water partition coefficient (Wildman–Crippen LogP) is 0.786. The van der Waals surface area contributed by atoms with Crippen LogP contribution in [0.25, 0.3) is 0 Å². The molecule has 0 aliphatic carbocycles. The molecule has 1 rings (SSSR count). The largest absolute Gasteiger partial charge is 0.409 e. The first-order chi connectivity index (χ1) is 8.33. The van der Waals surface area contributed by atoms with E-state index in [1.165, 1.54) is 0 Å². The second kappa shape index (κ2) is 6.04. The molecule has 3 N–H and O–H groups in total. The summed E-state index contributed by atoms with van der Waals surface area (Å²) in [4.78, 5) is 13.7. The molecule has 1 aliphatic rings. The van der Waals surface area contributed by atoms with Crippen LogP contribution in [0.2, 0.25) is 0 Å². The van der Waals surface area contributed by atoms with Crippen molar-refractivity contribution in [2.45, 2.75) is 39.2 Å². The van der Waals surface area contributed by atoms with E-state index in [1.54, 1.807) is 4.90 Å². The maximum Gasteiger partial charge on any atom is 0.248 e. The Bertz CT molecular complexity index is 315. The number of amides is 1. The van der Waals surface area contributed by atoms with Gasteiger partial charge in [-0.1, -0.05) is 5.16 Å². The highest BCUT2D eigenvalue weighted by molar-refractivity contribution is 5.83. The molecule has 1 amide bonds. The van der Waals surface area contributed by atoms with Gasteiger partial charge in [-0.05, 0) is 33.6 Å². The van der Waals surface area contributed by atoms with Crippen LogP contribution >= 0.6 is 0 Å². The van der Waals surface area contributed by atoms with Crippen LogP contribution in [0.1, 0.15) is 33.6 Å². The smallest absolute Gasteiger partial charge is 0.248 e. The number of piperidine rings is 1. The maximum atomic E-state index is 11.9. The maximum absolute atomic E-state index is 11.9. The van der Waals surface area contributed by atoms with Gasteiger partial charge in [0.25, 0.3) is 0 Å². The quantitative estimate of drug-likeness (QED) is 0.338. The first-order valence-corrected chi connectivity index (χ1v) is 6.22. The fourth-order valence-corrected chi connectivity index (χ4v) is 1.88. The summed E-state index contributed by atoms with van der Waals surface area (Å²) in [5.41, 5.74) is 5.25. The van der Waals surface area contributed by atoms with Gasteiger partial charge in [-0.25, -0.2) is 0 Å². The van der Waals surface area contributed by atoms with Crippen molar-refractivity contribution in [3.8, 4) is 0 Å². The standard InChI is InChI=1S/C12H23N3O3/c1-12(2,3)18-8-10(16)15-6-4-9(5-7-15)11(13)14-17/h9,17H,4-8H2,1-3H3,(H2,13,14). The molecular weight excluding hydrogens is 234 g/mol. The molecule has 6 heteroatoms. The Kier molecular flexibility index (Phi) is 4.95. The van der Waals surface area contributed by atoms with Crippen molar-refractivity contribution >= 4 is 11.7 Å². The molecule has 1 aliphatic heterocycles. The van der Waals surface area contributed by atoms with Gasteiger partial charge in [0.15, 0.2) is 0 Å². The van der Waals surface area contributed by atoms with E-state index in [2.05, 4.69) is 5.16 Å². The molecule has 0 aromatic heterocycles. The lowest BCUT2D eigenvalue weighted by molar-refractivity contribution is -0.142. The van der Waals surface area contributed by atoms with Crippen molar-refractivity contribution in [3.63, 3.8) is 0 Å². The summed E-state index contributed by atoms with van der Waals surface area (Å²) < 4.78 is 5.46. The van der Waals surface area contributed by atoms with Crippen molar-refractivity contribution in [2.24, 2.45) is 16.8 Å². The summed E-state index contributed by atoms with van der Waals surface area (Å²) in [7, 11) is 0. The number of hydrogen-bond acceptors (Lipinski definition) is 4. The summed E-state index contributed by atoms with van der Waals surface area (Å²) in [6, 6.07) is 0. The predicted molar refractivity (Wildman–Crippen MR) is 68.4 cm³/mol. The molecule has 0 spiro atoms. The number of hydrogen-bond donors (Lipinski definition) is 2. The third kappa shape index (κ3) is 4.52. The number of likely N-dealkylation sites (tertiary alicyclic amines) is 1. The molecule has 0 radical (unpaired) electrons. The van der Waals surface area contributed by atoms with Gasteiger partial charge in [0.05, 0.1) is 5.60 Å². The summed E-state index contributed by atoms with van der Waals surface area (Å²) in [6.07, 6.45) is 1.47. The van der Waals surface area contributed by atoms with Crippen LogP contribution in [-0.4, -0.2) is 47.1 Å². The molecule has 0 atom stereocenters. The van der Waals surface area contributed by atoms with Crippen LogP contribution in [-0.2, 0) is 9.53 Å². The third-order valence-corrected chi connectivity index (χ3v) is 3.01. The second-order valence-corrected chi connectivity index (χ2v) is 5.58. The van der Waals surface area contributed by atoms with E-state index in [0.717, 1.165) is 12.8 Å². The van der Waals surface area contributed by atoms with Crippen LogP contribution in [0.5, 0.6) is 0 Å². The molecular formula is C12H23N3O3. The van der Waals surface area contributed by atoms with Gasteiger partial charge in [0.1, 0.15) is 12.4 Å². The van der Waals surface area contributed by atoms with E-state index in [1.807, 2.05) is 20.8 Å². The van der Waals surface area contributed by atoms with E-state index >= 15 is 0 Å². The van der Waals surface area contributed by atoms with Crippen molar-refractivity contribution in [2.75, 3.05) is 19.7 Å². The van der Waals surface area contributed by atoms with Gasteiger partial charge in [0.2, 0.25) is 5.91 Å². The zero-order valence-electron chi connectivity index (χ0n) is 11.3. The monoisotopic (exact) mass is 257 g/mol. The van der Waals surface area contributed by atoms with E-state index in [0.29, 0.717) is 13.1 Å². The average Bonchev–Trinajstić information content (AvgIpc) is 2.34. The lowest BCUT2D eigenvalue weighted by atomic mass is 9.96. The molecule has 1 fully saturated rings. The molecule has 0 aromatic carbocycles. The number of rotatable bonds is 3. The van der Waals surface area contributed by atoms with Gasteiger partial charge in [0, 0.05) is 19.0 Å². The average molecular weight is 257 g/mol. The number of nitrogens with two attached hydrogens (primary N) is 1. The highest BCUT2D eigenvalue weighted by Crippen LogP contribution is 2.17. The van der Waals surface area contributed by atoms with E-state index in [-0.39, 0.29) is 29.9 Å². The van der Waals surface area contributed by atoms with Crippen LogP contribution in [0.3, 0.4) is 0 Å². The summed E-state index contributed by atoms with van der Waals surface area (Å²) >= 11 is 0. The first kappa shape index (κ1) is 14.8. The van der Waals surface area contributed by atoms with Gasteiger partial charge in [-0.2, -0.15) is 0 Å². The Morgan fingerprint density at radius 1 is 1.44 bits per heavy atom. The highest BCUT2D eigenvalue weighted by atomic mass is 16.5. The SMILES string of the molecule is CC(C)(C)OCC(=O)N1CCC(C(N)=NO)CC1. The lowest BCUT2D eigenvalue weighted by Gasteiger charge is -2.32. The Labute approximate surface area is 108 Å². The van der Waals surface area contributed by atoms with Crippen LogP contribution in [0, 0.1) is 5.92 Å². The topological polar surface area (TPSA) is 88.2 Å². The Balaban J connectivity index is 2.36. The van der Waals surface area contributed by atoms with Gasteiger partial charge < -0.3 is 20.6 Å². The van der Waals surface area contributed by atoms with Crippen LogP contribution < -0.4 is 5.73 Å². The molecule has 0 unspecified atom stereocenters. The number of carbonyl (C=O) groups excluding carboxylic acids is 1. The van der Waals surface area contributed by atoms with E-state index in [9.17, 15) is 4.79 Å². The van der Waals surface area contributed by atoms with Gasteiger partial charge in [-0.15, -0.1) is 0 Å². The summed E-state index contributed by atoms with van der Waals surface area (Å²) in [6.45, 7) is 7.14. The zero-order chi connectivity index (χ0) is 13.8. The fourth-order valence-electron chi connectivity index (χ4n) is 1.88. The van der Waals surface area contributed by atoms with Crippen LogP contribution in [0.15, 0.2) is 5.16 Å².